The van der Waals surface area contributed by atoms with E-state index < -0.39 is 6.09 Å². The Balaban J connectivity index is 1.99. The summed E-state index contributed by atoms with van der Waals surface area (Å²) in [6.45, 7) is 9.35. The molecule has 1 N–H and O–H groups in total. The van der Waals surface area contributed by atoms with Gasteiger partial charge in [-0.25, -0.2) is 14.8 Å². The Labute approximate surface area is 194 Å². The average molecular weight is 459 g/mol. The number of nitrogens with one attached hydrogen (secondary N) is 1. The van der Waals surface area contributed by atoms with E-state index in [0.717, 1.165) is 16.9 Å². The molecule has 1 fully saturated rings. The first-order valence-corrected chi connectivity index (χ1v) is 11.2. The summed E-state index contributed by atoms with van der Waals surface area (Å²) >= 11 is 0. The van der Waals surface area contributed by atoms with E-state index in [1.54, 1.807) is 15.7 Å². The van der Waals surface area contributed by atoms with Crippen LogP contribution in [0.1, 0.15) is 25.1 Å². The monoisotopic (exact) mass is 458 g/mol. The zero-order valence-corrected chi connectivity index (χ0v) is 20.5. The van der Waals surface area contributed by atoms with E-state index in [4.69, 9.17) is 14.5 Å². The van der Waals surface area contributed by atoms with E-state index in [-0.39, 0.29) is 17.7 Å². The first-order chi connectivity index (χ1) is 15.7. The molecule has 0 aromatic carbocycles. The Morgan fingerprint density at radius 2 is 2.00 bits per heavy atom. The molecule has 1 aliphatic rings. The molecule has 1 aliphatic heterocycles. The fraction of sp³-hybridized carbons (Fsp3) is 0.565. The van der Waals surface area contributed by atoms with Crippen molar-refractivity contribution < 1.29 is 14.3 Å². The third kappa shape index (κ3) is 4.95. The van der Waals surface area contributed by atoms with Crippen molar-refractivity contribution in [3.63, 3.8) is 0 Å². The highest BCUT2D eigenvalue weighted by Gasteiger charge is 2.37. The van der Waals surface area contributed by atoms with Crippen molar-refractivity contribution in [1.82, 2.24) is 19.4 Å². The van der Waals surface area contributed by atoms with E-state index in [1.807, 2.05) is 52.8 Å². The number of nitrogens with zero attached hydrogens (tertiary/aromatic N) is 5. The number of methoxy groups -OCH3 is 1. The summed E-state index contributed by atoms with van der Waals surface area (Å²) in [5.41, 5.74) is 2.64. The van der Waals surface area contributed by atoms with Crippen molar-refractivity contribution in [3.05, 3.63) is 33.9 Å². The van der Waals surface area contributed by atoms with Gasteiger partial charge in [0.05, 0.1) is 31.5 Å². The van der Waals surface area contributed by atoms with Crippen molar-refractivity contribution in [2.45, 2.75) is 46.4 Å². The SMILES string of the molecule is CCOC1CN(C(=O)OC)CC1Nc1c(C)nc(-c2cnc(N(C)C)cc2C)n(CC)c1=O. The van der Waals surface area contributed by atoms with Gasteiger partial charge in [0.2, 0.25) is 0 Å². The van der Waals surface area contributed by atoms with Gasteiger partial charge in [-0.2, -0.15) is 0 Å². The second kappa shape index (κ2) is 10.2. The van der Waals surface area contributed by atoms with Crippen molar-refractivity contribution in [3.8, 4) is 11.4 Å². The number of hydrogen-bond acceptors (Lipinski definition) is 8. The van der Waals surface area contributed by atoms with Gasteiger partial charge in [-0.1, -0.05) is 0 Å². The topological polar surface area (TPSA) is 102 Å². The van der Waals surface area contributed by atoms with Crippen LogP contribution in [0.2, 0.25) is 0 Å². The van der Waals surface area contributed by atoms with E-state index in [0.29, 0.717) is 43.4 Å². The van der Waals surface area contributed by atoms with Crippen LogP contribution in [0.4, 0.5) is 16.3 Å². The Kier molecular flexibility index (Phi) is 7.57. The van der Waals surface area contributed by atoms with Crippen LogP contribution in [0.15, 0.2) is 17.1 Å². The highest BCUT2D eigenvalue weighted by Crippen LogP contribution is 2.26. The number of hydrogen-bond donors (Lipinski definition) is 1. The van der Waals surface area contributed by atoms with E-state index in [9.17, 15) is 9.59 Å². The van der Waals surface area contributed by atoms with Crippen molar-refractivity contribution in [2.24, 2.45) is 0 Å². The number of pyridine rings is 1. The highest BCUT2D eigenvalue weighted by atomic mass is 16.5. The minimum Gasteiger partial charge on any atom is -0.453 e. The van der Waals surface area contributed by atoms with Crippen molar-refractivity contribution in [2.75, 3.05) is 51.1 Å². The smallest absolute Gasteiger partial charge is 0.409 e. The highest BCUT2D eigenvalue weighted by molar-refractivity contribution is 5.68. The maximum absolute atomic E-state index is 13.5. The Hall–Kier alpha value is -3.14. The number of carbonyl (C=O) groups is 1. The Morgan fingerprint density at radius 1 is 1.27 bits per heavy atom. The minimum atomic E-state index is -0.413. The standard InChI is InChI=1S/C23H34N6O4/c1-8-29-21(16-11-24-19(27(5)6)10-14(16)3)25-15(4)20(22(29)30)26-17-12-28(23(31)32-7)13-18(17)33-9-2/h10-11,17-18,26H,8-9,12-13H2,1-7H3. The van der Waals surface area contributed by atoms with Gasteiger partial charge in [0.25, 0.3) is 5.56 Å². The summed E-state index contributed by atoms with van der Waals surface area (Å²) in [4.78, 5) is 38.4. The summed E-state index contributed by atoms with van der Waals surface area (Å²) in [7, 11) is 5.23. The molecule has 3 heterocycles. The van der Waals surface area contributed by atoms with Gasteiger partial charge < -0.3 is 24.6 Å². The number of carbonyl (C=O) groups excluding carboxylic acids is 1. The molecule has 0 saturated carbocycles. The summed E-state index contributed by atoms with van der Waals surface area (Å²) < 4.78 is 12.3. The lowest BCUT2D eigenvalue weighted by Gasteiger charge is -2.23. The first-order valence-electron chi connectivity index (χ1n) is 11.2. The lowest BCUT2D eigenvalue weighted by Crippen LogP contribution is -2.38. The van der Waals surface area contributed by atoms with E-state index in [2.05, 4.69) is 10.3 Å². The number of rotatable bonds is 7. The number of anilines is 2. The summed E-state index contributed by atoms with van der Waals surface area (Å²) in [6.07, 6.45) is 1.10. The van der Waals surface area contributed by atoms with Crippen LogP contribution >= 0.6 is 0 Å². The van der Waals surface area contributed by atoms with Crippen molar-refractivity contribution in [1.29, 1.82) is 0 Å². The van der Waals surface area contributed by atoms with Crippen LogP contribution in [0.3, 0.4) is 0 Å². The minimum absolute atomic E-state index is 0.164. The van der Waals surface area contributed by atoms with Gasteiger partial charge in [-0.15, -0.1) is 0 Å². The van der Waals surface area contributed by atoms with Gasteiger partial charge in [-0.3, -0.25) is 9.36 Å². The number of amides is 1. The number of ether oxygens (including phenoxy) is 2. The van der Waals surface area contributed by atoms with Crippen LogP contribution in [0.5, 0.6) is 0 Å². The van der Waals surface area contributed by atoms with Crippen molar-refractivity contribution >= 4 is 17.6 Å². The molecule has 0 bridgehead atoms. The number of aryl methyl sites for hydroxylation is 2. The summed E-state index contributed by atoms with van der Waals surface area (Å²) in [5.74, 6) is 1.43. The summed E-state index contributed by atoms with van der Waals surface area (Å²) in [6, 6.07) is 1.73. The molecule has 2 atom stereocenters. The average Bonchev–Trinajstić information content (AvgIpc) is 3.18. The quantitative estimate of drug-likeness (QED) is 0.674. The fourth-order valence-corrected chi connectivity index (χ4v) is 4.11. The third-order valence-electron chi connectivity index (χ3n) is 5.87. The van der Waals surface area contributed by atoms with E-state index in [1.165, 1.54) is 7.11 Å². The molecule has 180 valence electrons. The molecular formula is C23H34N6O4. The van der Waals surface area contributed by atoms with Crippen LogP contribution in [0.25, 0.3) is 11.4 Å². The number of likely N-dealkylation sites (tertiary alicyclic amines) is 1. The van der Waals surface area contributed by atoms with Gasteiger partial charge in [0.15, 0.2) is 0 Å². The zero-order chi connectivity index (χ0) is 24.3. The molecule has 1 amide bonds. The third-order valence-corrected chi connectivity index (χ3v) is 5.87. The van der Waals surface area contributed by atoms with Crippen LogP contribution in [0, 0.1) is 13.8 Å². The zero-order valence-electron chi connectivity index (χ0n) is 20.5. The lowest BCUT2D eigenvalue weighted by atomic mass is 10.1. The molecule has 2 aromatic heterocycles. The molecule has 0 aliphatic carbocycles. The fourth-order valence-electron chi connectivity index (χ4n) is 4.11. The van der Waals surface area contributed by atoms with Gasteiger partial charge >= 0.3 is 6.09 Å². The Bertz CT molecular complexity index is 1070. The second-order valence-corrected chi connectivity index (χ2v) is 8.32. The maximum Gasteiger partial charge on any atom is 0.409 e. The largest absolute Gasteiger partial charge is 0.453 e. The molecule has 10 heteroatoms. The van der Waals surface area contributed by atoms with E-state index >= 15 is 0 Å². The Morgan fingerprint density at radius 3 is 2.58 bits per heavy atom. The van der Waals surface area contributed by atoms with Gasteiger partial charge in [0.1, 0.15) is 17.3 Å². The molecular weight excluding hydrogens is 424 g/mol. The molecule has 0 spiro atoms. The summed E-state index contributed by atoms with van der Waals surface area (Å²) in [5, 5.41) is 3.32. The molecule has 0 radical (unpaired) electrons. The maximum atomic E-state index is 13.5. The molecule has 33 heavy (non-hydrogen) atoms. The van der Waals surface area contributed by atoms with Gasteiger partial charge in [-0.05, 0) is 39.3 Å². The molecule has 3 rings (SSSR count). The lowest BCUT2D eigenvalue weighted by molar-refractivity contribution is 0.0614. The molecule has 1 saturated heterocycles. The normalized spacial score (nSPS) is 17.8. The molecule has 2 unspecified atom stereocenters. The second-order valence-electron chi connectivity index (χ2n) is 8.32. The van der Waals surface area contributed by atoms with Crippen LogP contribution in [-0.4, -0.2) is 78.6 Å². The molecule has 10 nitrogen and oxygen atoms in total. The van der Waals surface area contributed by atoms with Gasteiger partial charge in [0, 0.05) is 45.6 Å². The molecule has 2 aromatic rings. The predicted octanol–water partition coefficient (Wildman–Crippen LogP) is 2.28. The predicted molar refractivity (Wildman–Crippen MR) is 128 cm³/mol. The van der Waals surface area contributed by atoms with Crippen LogP contribution in [-0.2, 0) is 16.0 Å². The number of aromatic nitrogens is 3. The van der Waals surface area contributed by atoms with Crippen LogP contribution < -0.4 is 15.8 Å². The first kappa shape index (κ1) is 24.5.